The molecule has 0 aliphatic heterocycles. The van der Waals surface area contributed by atoms with Crippen LogP contribution in [0, 0.1) is 0 Å². The van der Waals surface area contributed by atoms with E-state index in [-0.39, 0.29) is 24.9 Å². The van der Waals surface area contributed by atoms with Crippen LogP contribution in [-0.2, 0) is 16.0 Å². The Balaban J connectivity index is 2.48. The van der Waals surface area contributed by atoms with Gasteiger partial charge in [0.15, 0.2) is 5.82 Å². The molecule has 0 aliphatic carbocycles. The van der Waals surface area contributed by atoms with Crippen molar-refractivity contribution in [3.05, 3.63) is 18.5 Å². The van der Waals surface area contributed by atoms with Crippen LogP contribution < -0.4 is 5.32 Å². The van der Waals surface area contributed by atoms with Crippen LogP contribution >= 0.6 is 0 Å². The van der Waals surface area contributed by atoms with Gasteiger partial charge in [-0.25, -0.2) is 10.1 Å². The van der Waals surface area contributed by atoms with Gasteiger partial charge in [0.05, 0.1) is 0 Å². The van der Waals surface area contributed by atoms with Crippen LogP contribution in [0.5, 0.6) is 0 Å². The van der Waals surface area contributed by atoms with Gasteiger partial charge in [-0.2, -0.15) is 4.98 Å². The van der Waals surface area contributed by atoms with E-state index in [9.17, 15) is 9.59 Å². The number of anilines is 1. The number of aliphatic carboxylic acids is 1. The predicted octanol–water partition coefficient (Wildman–Crippen LogP) is 0.431. The number of hydrogen-bond acceptors (Lipinski definition) is 6. The Morgan fingerprint density at radius 2 is 2.38 bits per heavy atom. The van der Waals surface area contributed by atoms with E-state index in [4.69, 9.17) is 5.11 Å². The average molecular weight is 227 g/mol. The van der Waals surface area contributed by atoms with E-state index in [0.29, 0.717) is 0 Å². The summed E-state index contributed by atoms with van der Waals surface area (Å²) in [6, 6.07) is -0.217. The first-order valence-electron chi connectivity index (χ1n) is 4.21. The highest BCUT2D eigenvalue weighted by molar-refractivity contribution is 5.81. The predicted molar refractivity (Wildman–Crippen MR) is 50.8 cm³/mol. The molecule has 0 unspecified atom stereocenters. The normalized spacial score (nSPS) is 9.50. The van der Waals surface area contributed by atoms with Crippen LogP contribution in [0.2, 0.25) is 0 Å². The van der Waals surface area contributed by atoms with Crippen molar-refractivity contribution in [2.75, 3.05) is 11.9 Å². The van der Waals surface area contributed by atoms with E-state index >= 15 is 0 Å². The Morgan fingerprint density at radius 1 is 1.62 bits per heavy atom. The summed E-state index contributed by atoms with van der Waals surface area (Å²) in [4.78, 5) is 24.9. The summed E-state index contributed by atoms with van der Waals surface area (Å²) >= 11 is 0. The number of carbonyl (C=O) groups excluding carboxylic acids is 1. The fraction of sp³-hybridized carbons (Fsp3) is 0.250. The lowest BCUT2D eigenvalue weighted by atomic mass is 10.4. The summed E-state index contributed by atoms with van der Waals surface area (Å²) in [6.45, 7) is 3.40. The number of ether oxygens (including phenoxy) is 1. The number of hydrogen-bond donors (Lipinski definition) is 2. The zero-order chi connectivity index (χ0) is 12.0. The monoisotopic (exact) mass is 227 g/mol. The molecule has 2 N–H and O–H groups in total. The summed E-state index contributed by atoms with van der Waals surface area (Å²) in [5.74, 6) is -1.13. The molecule has 86 valence electrons. The first-order chi connectivity index (χ1) is 7.61. The molecule has 0 spiro atoms. The highest BCUT2D eigenvalue weighted by Gasteiger charge is 2.12. The molecule has 8 nitrogen and oxygen atoms in total. The molecule has 8 heteroatoms. The number of carbonyl (C=O) groups is 2. The van der Waals surface area contributed by atoms with E-state index in [0.717, 1.165) is 0 Å². The van der Waals surface area contributed by atoms with Gasteiger partial charge in [0.25, 0.3) is 0 Å². The Kier molecular flexibility index (Phi) is 4.01. The van der Waals surface area contributed by atoms with Crippen molar-refractivity contribution in [1.29, 1.82) is 0 Å². The summed E-state index contributed by atoms with van der Waals surface area (Å²) in [6.07, 6.45) is 0.223. The lowest BCUT2D eigenvalue weighted by molar-refractivity contribution is -0.136. The van der Waals surface area contributed by atoms with Crippen molar-refractivity contribution in [3.63, 3.8) is 0 Å². The molecule has 1 amide bonds. The molecule has 0 radical (unpaired) electrons. The van der Waals surface area contributed by atoms with Crippen molar-refractivity contribution < 1.29 is 24.0 Å². The van der Waals surface area contributed by atoms with Crippen molar-refractivity contribution in [3.8, 4) is 0 Å². The van der Waals surface area contributed by atoms with E-state index in [2.05, 4.69) is 31.3 Å². The molecule has 16 heavy (non-hydrogen) atoms. The number of aromatic nitrogens is 2. The molecule has 0 aliphatic rings. The second kappa shape index (κ2) is 5.49. The van der Waals surface area contributed by atoms with Gasteiger partial charge < -0.3 is 14.4 Å². The lowest BCUT2D eigenvalue weighted by Crippen LogP contribution is -2.13. The van der Waals surface area contributed by atoms with Gasteiger partial charge in [0, 0.05) is 0 Å². The molecule has 0 saturated carbocycles. The average Bonchev–Trinajstić information content (AvgIpc) is 2.61. The molecular weight excluding hydrogens is 218 g/mol. The van der Waals surface area contributed by atoms with Gasteiger partial charge in [0.1, 0.15) is 13.0 Å². The van der Waals surface area contributed by atoms with Crippen molar-refractivity contribution in [1.82, 2.24) is 10.1 Å². The van der Waals surface area contributed by atoms with E-state index in [1.54, 1.807) is 0 Å². The molecule has 0 atom stereocenters. The number of nitrogens with one attached hydrogen (secondary N) is 1. The molecule has 1 heterocycles. The molecule has 1 aromatic heterocycles. The molecular formula is C8H9N3O5. The first kappa shape index (κ1) is 11.7. The quantitative estimate of drug-likeness (QED) is 0.701. The minimum absolute atomic E-state index is 0.0356. The molecule has 1 aromatic rings. The minimum atomic E-state index is -1.10. The lowest BCUT2D eigenvalue weighted by Gasteiger charge is -1.98. The molecule has 0 saturated heterocycles. The SMILES string of the molecule is C=CCOC(=O)Nc1nc(CC(=O)O)no1. The largest absolute Gasteiger partial charge is 0.481 e. The van der Waals surface area contributed by atoms with Crippen LogP contribution in [-0.4, -0.2) is 33.9 Å². The van der Waals surface area contributed by atoms with Gasteiger partial charge in [-0.05, 0) is 0 Å². The van der Waals surface area contributed by atoms with Crippen LogP contribution in [0.25, 0.3) is 0 Å². The third-order valence-corrected chi connectivity index (χ3v) is 1.32. The Morgan fingerprint density at radius 3 is 3.00 bits per heavy atom. The maximum absolute atomic E-state index is 11.0. The minimum Gasteiger partial charge on any atom is -0.481 e. The standard InChI is InChI=1S/C8H9N3O5/c1-2-3-15-8(14)10-7-9-5(11-16-7)4-6(12)13/h2H,1,3-4H2,(H,12,13)(H,9,10,11,14). The molecule has 0 fully saturated rings. The molecule has 0 aromatic carbocycles. The molecule has 1 rings (SSSR count). The highest BCUT2D eigenvalue weighted by Crippen LogP contribution is 2.04. The Hall–Kier alpha value is -2.38. The first-order valence-corrected chi connectivity index (χ1v) is 4.21. The van der Waals surface area contributed by atoms with Crippen molar-refractivity contribution in [2.45, 2.75) is 6.42 Å². The maximum atomic E-state index is 11.0. The van der Waals surface area contributed by atoms with Crippen LogP contribution in [0.15, 0.2) is 17.2 Å². The summed E-state index contributed by atoms with van der Waals surface area (Å²) in [5, 5.41) is 13.9. The number of rotatable bonds is 5. The third-order valence-electron chi connectivity index (χ3n) is 1.32. The van der Waals surface area contributed by atoms with Gasteiger partial charge >= 0.3 is 18.1 Å². The second-order valence-electron chi connectivity index (χ2n) is 2.60. The fourth-order valence-corrected chi connectivity index (χ4v) is 0.770. The summed E-state index contributed by atoms with van der Waals surface area (Å²) in [7, 11) is 0. The molecule has 0 bridgehead atoms. The van der Waals surface area contributed by atoms with E-state index in [1.165, 1.54) is 6.08 Å². The van der Waals surface area contributed by atoms with Gasteiger partial charge in [0.2, 0.25) is 0 Å². The zero-order valence-electron chi connectivity index (χ0n) is 8.17. The smallest absolute Gasteiger partial charge is 0.415 e. The Bertz CT molecular complexity index is 400. The summed E-state index contributed by atoms with van der Waals surface area (Å²) < 4.78 is 9.13. The highest BCUT2D eigenvalue weighted by atomic mass is 16.6. The number of carboxylic acid groups (broad SMARTS) is 1. The number of carboxylic acids is 1. The zero-order valence-corrected chi connectivity index (χ0v) is 8.17. The number of nitrogens with zero attached hydrogens (tertiary/aromatic N) is 2. The Labute approximate surface area is 89.9 Å². The van der Waals surface area contributed by atoms with Crippen LogP contribution in [0.4, 0.5) is 10.8 Å². The third kappa shape index (κ3) is 3.78. The van der Waals surface area contributed by atoms with Gasteiger partial charge in [-0.15, -0.1) is 0 Å². The van der Waals surface area contributed by atoms with E-state index < -0.39 is 12.1 Å². The van der Waals surface area contributed by atoms with Gasteiger partial charge in [-0.1, -0.05) is 17.8 Å². The van der Waals surface area contributed by atoms with Crippen molar-refractivity contribution in [2.24, 2.45) is 0 Å². The fourth-order valence-electron chi connectivity index (χ4n) is 0.770. The second-order valence-corrected chi connectivity index (χ2v) is 2.60. The van der Waals surface area contributed by atoms with Crippen LogP contribution in [0.3, 0.4) is 0 Å². The maximum Gasteiger partial charge on any atom is 0.415 e. The topological polar surface area (TPSA) is 115 Å². The van der Waals surface area contributed by atoms with E-state index in [1.807, 2.05) is 0 Å². The van der Waals surface area contributed by atoms with Crippen molar-refractivity contribution >= 4 is 18.1 Å². The van der Waals surface area contributed by atoms with Crippen LogP contribution in [0.1, 0.15) is 5.82 Å². The van der Waals surface area contributed by atoms with Gasteiger partial charge in [-0.3, -0.25) is 4.79 Å². The number of amides is 1. The summed E-state index contributed by atoms with van der Waals surface area (Å²) in [5.41, 5.74) is 0.